The van der Waals surface area contributed by atoms with Crippen molar-refractivity contribution in [1.82, 2.24) is 0 Å². The first-order valence-electron chi connectivity index (χ1n) is 42.8. The third-order valence-corrected chi connectivity index (χ3v) is 32.1. The van der Waals surface area contributed by atoms with Crippen molar-refractivity contribution in [2.75, 3.05) is 0 Å². The van der Waals surface area contributed by atoms with Crippen LogP contribution < -0.4 is 39.0 Å². The molecule has 4 heterocycles. The van der Waals surface area contributed by atoms with E-state index in [0.29, 0.717) is 41.4 Å². The number of aromatic nitrogens is 4. The van der Waals surface area contributed by atoms with E-state index >= 15 is 0 Å². The van der Waals surface area contributed by atoms with Crippen molar-refractivity contribution in [3.63, 3.8) is 0 Å². The van der Waals surface area contributed by atoms with Crippen LogP contribution in [0.1, 0.15) is 284 Å². The van der Waals surface area contributed by atoms with E-state index < -0.39 is 32.3 Å². The second-order valence-corrected chi connectivity index (χ2v) is 58.6. The third-order valence-electron chi connectivity index (χ3n) is 24.0. The van der Waals surface area contributed by atoms with E-state index in [1.54, 1.807) is 43.0 Å². The van der Waals surface area contributed by atoms with Crippen LogP contribution >= 0.6 is 0 Å². The van der Waals surface area contributed by atoms with Gasteiger partial charge in [-0.15, -0.1) is 0 Å². The maximum absolute atomic E-state index is 2.54. The van der Waals surface area contributed by atoms with Gasteiger partial charge in [0.25, 0.3) is 0 Å². The fourth-order valence-electron chi connectivity index (χ4n) is 16.7. The third kappa shape index (κ3) is 23.7. The largest absolute Gasteiger partial charge is 0.212 e. The van der Waals surface area contributed by atoms with Crippen LogP contribution in [0.4, 0.5) is 0 Å². The minimum Gasteiger partial charge on any atom is -0.201 e. The predicted molar refractivity (Wildman–Crippen MR) is 491 cm³/mol. The van der Waals surface area contributed by atoms with Gasteiger partial charge in [-0.3, -0.25) is 0 Å². The van der Waals surface area contributed by atoms with Gasteiger partial charge in [-0.25, -0.2) is 18.3 Å². The molecule has 0 saturated carbocycles. The van der Waals surface area contributed by atoms with Crippen LogP contribution in [0.3, 0.4) is 0 Å². The number of hydrogen-bond acceptors (Lipinski definition) is 0. The average molecular weight is 1530 g/mol. The highest BCUT2D eigenvalue weighted by Gasteiger charge is 2.34. The van der Waals surface area contributed by atoms with Gasteiger partial charge in [-0.05, 0) is 235 Å². The average Bonchev–Trinajstić information content (AvgIpc) is 0.787. The Morgan fingerprint density at radius 2 is 0.556 bits per heavy atom. The number of benzene rings is 4. The molecule has 8 heteroatoms. The zero-order chi connectivity index (χ0) is 81.6. The quantitative estimate of drug-likeness (QED) is 0.0379. The lowest BCUT2D eigenvalue weighted by Crippen LogP contribution is -2.45. The van der Waals surface area contributed by atoms with E-state index in [2.05, 4.69) is 392 Å². The molecule has 0 N–H and O–H groups in total. The molecule has 0 amide bonds. The molecule has 0 saturated heterocycles. The van der Waals surface area contributed by atoms with Gasteiger partial charge in [0, 0.05) is 68.8 Å². The SMILES string of the molecule is CCC(CC)c1c[n+](C)c(-c2cc(C(C)(C)C)ccc2C)cc1[Si](C)(C)C.CCC(CC)c1c[n+](C)c(-c2cc(C(C)C)ccc2C)cc1[Si](C)(C)C.CCC(CC)c1c[n+](C)c(-c2cc(CC(C)C)ccc2C)cc1[Si](C)(C)C.CCC(CC)c1ccc(C)c(-c2cc([Si](C)(C)C)c(C(CC)CC)c[n+]2C)c1. The van der Waals surface area contributed by atoms with Crippen molar-refractivity contribution >= 4 is 53.0 Å². The summed E-state index contributed by atoms with van der Waals surface area (Å²) in [4.78, 5) is 0. The molecule has 0 aliphatic carbocycles. The lowest BCUT2D eigenvalue weighted by atomic mass is 9.84. The number of pyridine rings is 4. The molecule has 0 atom stereocenters. The van der Waals surface area contributed by atoms with Gasteiger partial charge in [0.2, 0.25) is 22.8 Å². The molecule has 0 fully saturated rings. The van der Waals surface area contributed by atoms with E-state index in [9.17, 15) is 0 Å². The van der Waals surface area contributed by atoms with Crippen molar-refractivity contribution < 1.29 is 18.3 Å². The zero-order valence-corrected chi connectivity index (χ0v) is 80.7. The minimum atomic E-state index is -1.44. The number of aryl methyl sites for hydroxylation is 8. The summed E-state index contributed by atoms with van der Waals surface area (Å²) in [5, 5.41) is 6.54. The highest BCUT2D eigenvalue weighted by atomic mass is 28.3. The number of nitrogens with zero attached hydrogens (tertiary/aromatic N) is 4. The van der Waals surface area contributed by atoms with E-state index in [1.165, 1.54) is 154 Å². The van der Waals surface area contributed by atoms with E-state index in [-0.39, 0.29) is 5.41 Å². The summed E-state index contributed by atoms with van der Waals surface area (Å²) in [5.41, 5.74) is 28.7. The van der Waals surface area contributed by atoms with Crippen LogP contribution in [0.25, 0.3) is 45.0 Å². The summed E-state index contributed by atoms with van der Waals surface area (Å²) >= 11 is 0. The summed E-state index contributed by atoms with van der Waals surface area (Å²) in [7, 11) is 3.16. The van der Waals surface area contributed by atoms with E-state index in [0.717, 1.165) is 6.42 Å². The Labute approximate surface area is 670 Å². The van der Waals surface area contributed by atoms with E-state index in [1.807, 2.05) is 0 Å². The normalized spacial score (nSPS) is 12.4. The fraction of sp³-hybridized carbons (Fsp3) is 0.560. The smallest absolute Gasteiger partial charge is 0.201 e. The number of rotatable bonds is 26. The molecule has 0 unspecified atom stereocenters. The highest BCUT2D eigenvalue weighted by Crippen LogP contribution is 2.36. The van der Waals surface area contributed by atoms with Gasteiger partial charge in [-0.2, -0.15) is 0 Å². The Kier molecular flexibility index (Phi) is 34.2. The van der Waals surface area contributed by atoms with Gasteiger partial charge in [0.05, 0.1) is 32.3 Å². The molecule has 0 spiro atoms. The summed E-state index contributed by atoms with van der Waals surface area (Å²) in [6.45, 7) is 78.1. The van der Waals surface area contributed by atoms with Crippen LogP contribution in [0.5, 0.6) is 0 Å². The highest BCUT2D eigenvalue weighted by molar-refractivity contribution is 6.90. The minimum absolute atomic E-state index is 0.165. The van der Waals surface area contributed by atoms with E-state index in [4.69, 9.17) is 0 Å². The van der Waals surface area contributed by atoms with Gasteiger partial charge in [0.15, 0.2) is 24.8 Å². The Balaban J connectivity index is 0.000000258. The zero-order valence-electron chi connectivity index (χ0n) is 76.7. The Bertz CT molecular complexity index is 4230. The standard InChI is InChI=1S/C26H42NSi.2C25H40NSi.C24H38NSi/c1-10-20(11-2)22-15-14-19(5)23(16-22)25-17-26(28(7,8)9)24(18-27(25)6)21(12-3)13-4;1-11-19(12-2)22-17-26(7)23(16-24(22)27(8,9)10)21-15-20(25(4,5)6)14-13-18(21)3;1-10-21(11-2)23-17-26(6)24(16-25(23)27(7,8)9)22-15-20(14-18(3)4)13-12-19(22)5;1-10-19(11-2)22-16-25(6)23(15-24(22)26(7,8)9)21-14-20(17(3)4)13-12-18(21)5/h14-18,20-21H,10-13H2,1-9H3;13-17,19H,11-12H2,1-10H3;12-13,15-18,21H,10-11,14H2,1-9H3;12-17,19H,10-11H2,1-9H3/q4*+1. The van der Waals surface area contributed by atoms with Crippen LogP contribution in [0.2, 0.25) is 78.6 Å². The van der Waals surface area contributed by atoms with Crippen molar-refractivity contribution in [2.24, 2.45) is 34.1 Å². The van der Waals surface area contributed by atoms with Gasteiger partial charge < -0.3 is 0 Å². The topological polar surface area (TPSA) is 15.5 Å². The first kappa shape index (κ1) is 92.9. The predicted octanol–water partition coefficient (Wildman–Crippen LogP) is 25.3. The summed E-state index contributed by atoms with van der Waals surface area (Å²) in [5.74, 6) is 4.56. The monoisotopic (exact) mass is 1530 g/mol. The molecule has 108 heavy (non-hydrogen) atoms. The molecule has 8 rings (SSSR count). The molecule has 0 radical (unpaired) electrons. The second kappa shape index (κ2) is 39.7. The molecule has 592 valence electrons. The summed E-state index contributed by atoms with van der Waals surface area (Å²) in [6.07, 6.45) is 23.0. The van der Waals surface area contributed by atoms with Crippen molar-refractivity contribution in [1.29, 1.82) is 0 Å². The van der Waals surface area contributed by atoms with Crippen LogP contribution in [0, 0.1) is 33.6 Å². The molecular formula is C100H160N4Si4+4. The molecular weight excluding hydrogens is 1370 g/mol. The molecule has 4 aromatic heterocycles. The van der Waals surface area contributed by atoms with Crippen molar-refractivity contribution in [3.05, 3.63) is 189 Å². The van der Waals surface area contributed by atoms with Crippen LogP contribution in [-0.2, 0) is 40.0 Å². The molecule has 0 aliphatic rings. The first-order valence-corrected chi connectivity index (χ1v) is 56.8. The lowest BCUT2D eigenvalue weighted by molar-refractivity contribution is -0.660. The molecule has 8 aromatic rings. The second-order valence-electron chi connectivity index (χ2n) is 38.5. The Morgan fingerprint density at radius 1 is 0.306 bits per heavy atom. The summed E-state index contributed by atoms with van der Waals surface area (Å²) in [6, 6.07) is 38.2. The van der Waals surface area contributed by atoms with Gasteiger partial charge in [-0.1, -0.05) is 245 Å². The molecule has 0 bridgehead atoms. The van der Waals surface area contributed by atoms with Gasteiger partial charge >= 0.3 is 0 Å². The van der Waals surface area contributed by atoms with Crippen molar-refractivity contribution in [2.45, 2.75) is 336 Å². The van der Waals surface area contributed by atoms with Crippen molar-refractivity contribution in [3.8, 4) is 45.0 Å². The Morgan fingerprint density at radius 3 is 0.815 bits per heavy atom. The van der Waals surface area contributed by atoms with Crippen LogP contribution in [0.15, 0.2) is 122 Å². The molecule has 4 aromatic carbocycles. The fourth-order valence-corrected chi connectivity index (χ4v) is 23.5. The molecule has 0 aliphatic heterocycles. The maximum atomic E-state index is 2.54. The summed E-state index contributed by atoms with van der Waals surface area (Å²) < 4.78 is 9.49. The van der Waals surface area contributed by atoms with Crippen LogP contribution in [-0.4, -0.2) is 32.3 Å². The molecule has 4 nitrogen and oxygen atoms in total. The maximum Gasteiger partial charge on any atom is 0.212 e. The first-order chi connectivity index (χ1) is 50.2. The Hall–Kier alpha value is -5.65. The van der Waals surface area contributed by atoms with Gasteiger partial charge in [0.1, 0.15) is 28.2 Å². The lowest BCUT2D eigenvalue weighted by Gasteiger charge is -2.25. The number of hydrogen-bond donors (Lipinski definition) is 0.